The fourth-order valence-corrected chi connectivity index (χ4v) is 2.68. The van der Waals surface area contributed by atoms with Gasteiger partial charge in [-0.15, -0.1) is 0 Å². The molecule has 1 aliphatic rings. The number of hydrogen-bond acceptors (Lipinski definition) is 4. The van der Waals surface area contributed by atoms with Crippen LogP contribution in [0.2, 0.25) is 5.02 Å². The molecule has 120 valence electrons. The molecule has 7 heteroatoms. The summed E-state index contributed by atoms with van der Waals surface area (Å²) in [5.41, 5.74) is 0.828. The number of carbonyl (C=O) groups is 2. The van der Waals surface area contributed by atoms with Crippen molar-refractivity contribution in [2.24, 2.45) is 0 Å². The number of amides is 1. The van der Waals surface area contributed by atoms with Crippen LogP contribution in [-0.2, 0) is 16.1 Å². The monoisotopic (exact) mass is 326 g/mol. The summed E-state index contributed by atoms with van der Waals surface area (Å²) in [4.78, 5) is 24.4. The summed E-state index contributed by atoms with van der Waals surface area (Å²) in [7, 11) is 0. The van der Waals surface area contributed by atoms with E-state index in [9.17, 15) is 14.7 Å². The molecule has 0 aliphatic carbocycles. The SMILES string of the molecule is CC(=O)NCC1CN(Cc2c(Cl)cccc2C(=O)O)CCO1. The molecular weight excluding hydrogens is 308 g/mol. The molecule has 1 fully saturated rings. The van der Waals surface area contributed by atoms with Crippen molar-refractivity contribution in [2.45, 2.75) is 19.6 Å². The number of benzene rings is 1. The van der Waals surface area contributed by atoms with Gasteiger partial charge in [-0.25, -0.2) is 4.79 Å². The Balaban J connectivity index is 2.04. The molecule has 1 atom stereocenters. The normalized spacial score (nSPS) is 18.9. The fraction of sp³-hybridized carbons (Fsp3) is 0.467. The quantitative estimate of drug-likeness (QED) is 0.854. The minimum absolute atomic E-state index is 0.0972. The summed E-state index contributed by atoms with van der Waals surface area (Å²) in [5, 5.41) is 12.4. The number of nitrogens with zero attached hydrogens (tertiary/aromatic N) is 1. The van der Waals surface area contributed by atoms with Gasteiger partial charge in [-0.3, -0.25) is 9.69 Å². The second-order valence-electron chi connectivity index (χ2n) is 5.24. The Morgan fingerprint density at radius 2 is 2.27 bits per heavy atom. The first-order chi connectivity index (χ1) is 10.5. The van der Waals surface area contributed by atoms with Gasteiger partial charge >= 0.3 is 5.97 Å². The largest absolute Gasteiger partial charge is 0.478 e. The van der Waals surface area contributed by atoms with Crippen LogP contribution in [0.3, 0.4) is 0 Å². The summed E-state index contributed by atoms with van der Waals surface area (Å²) in [6, 6.07) is 4.88. The van der Waals surface area contributed by atoms with Crippen LogP contribution < -0.4 is 5.32 Å². The molecule has 0 bridgehead atoms. The Kier molecular flexibility index (Phi) is 5.76. The van der Waals surface area contributed by atoms with E-state index >= 15 is 0 Å². The zero-order chi connectivity index (χ0) is 16.1. The number of aromatic carboxylic acids is 1. The van der Waals surface area contributed by atoms with Crippen molar-refractivity contribution in [3.8, 4) is 0 Å². The second kappa shape index (κ2) is 7.58. The van der Waals surface area contributed by atoms with Crippen LogP contribution >= 0.6 is 11.6 Å². The summed E-state index contributed by atoms with van der Waals surface area (Å²) in [6.07, 6.45) is -0.103. The van der Waals surface area contributed by atoms with Gasteiger partial charge < -0.3 is 15.2 Å². The number of rotatable bonds is 5. The maximum Gasteiger partial charge on any atom is 0.336 e. The van der Waals surface area contributed by atoms with Crippen molar-refractivity contribution in [3.63, 3.8) is 0 Å². The van der Waals surface area contributed by atoms with Crippen molar-refractivity contribution in [3.05, 3.63) is 34.3 Å². The van der Waals surface area contributed by atoms with Gasteiger partial charge in [0.25, 0.3) is 0 Å². The maximum atomic E-state index is 11.3. The van der Waals surface area contributed by atoms with Gasteiger partial charge in [0.05, 0.1) is 18.3 Å². The van der Waals surface area contributed by atoms with Crippen LogP contribution in [0, 0.1) is 0 Å². The molecule has 6 nitrogen and oxygen atoms in total. The molecule has 1 heterocycles. The number of carboxylic acids is 1. The molecule has 22 heavy (non-hydrogen) atoms. The molecule has 1 aromatic carbocycles. The van der Waals surface area contributed by atoms with E-state index in [-0.39, 0.29) is 17.6 Å². The second-order valence-corrected chi connectivity index (χ2v) is 5.64. The Morgan fingerprint density at radius 1 is 1.50 bits per heavy atom. The third-order valence-corrected chi connectivity index (χ3v) is 3.89. The lowest BCUT2D eigenvalue weighted by atomic mass is 10.1. The van der Waals surface area contributed by atoms with E-state index < -0.39 is 5.97 Å². The van der Waals surface area contributed by atoms with Gasteiger partial charge in [-0.2, -0.15) is 0 Å². The number of morpholine rings is 1. The summed E-state index contributed by atoms with van der Waals surface area (Å²) >= 11 is 6.15. The van der Waals surface area contributed by atoms with Crippen LogP contribution in [0.1, 0.15) is 22.8 Å². The predicted molar refractivity (Wildman–Crippen MR) is 82.1 cm³/mol. The number of halogens is 1. The smallest absolute Gasteiger partial charge is 0.336 e. The molecule has 1 saturated heterocycles. The Labute approximate surface area is 134 Å². The average molecular weight is 327 g/mol. The molecule has 1 aromatic rings. The van der Waals surface area contributed by atoms with Gasteiger partial charge in [0.1, 0.15) is 0 Å². The van der Waals surface area contributed by atoms with Gasteiger partial charge in [0, 0.05) is 38.1 Å². The van der Waals surface area contributed by atoms with Gasteiger partial charge in [-0.1, -0.05) is 17.7 Å². The van der Waals surface area contributed by atoms with Crippen LogP contribution in [0.4, 0.5) is 0 Å². The van der Waals surface area contributed by atoms with Crippen LogP contribution in [0.15, 0.2) is 18.2 Å². The molecule has 2 rings (SSSR count). The number of carboxylic acid groups (broad SMARTS) is 1. The van der Waals surface area contributed by atoms with E-state index in [1.807, 2.05) is 0 Å². The van der Waals surface area contributed by atoms with Gasteiger partial charge in [-0.05, 0) is 17.7 Å². The lowest BCUT2D eigenvalue weighted by Crippen LogP contribution is -2.47. The summed E-state index contributed by atoms with van der Waals surface area (Å²) in [5.74, 6) is -1.08. The van der Waals surface area contributed by atoms with Crippen LogP contribution in [0.5, 0.6) is 0 Å². The van der Waals surface area contributed by atoms with E-state index in [0.29, 0.717) is 43.4 Å². The third kappa shape index (κ3) is 4.43. The lowest BCUT2D eigenvalue weighted by Gasteiger charge is -2.33. The maximum absolute atomic E-state index is 11.3. The minimum atomic E-state index is -0.986. The molecule has 0 saturated carbocycles. The zero-order valence-electron chi connectivity index (χ0n) is 12.3. The molecule has 0 aromatic heterocycles. The van der Waals surface area contributed by atoms with Crippen molar-refractivity contribution in [1.82, 2.24) is 10.2 Å². The van der Waals surface area contributed by atoms with Gasteiger partial charge in [0.15, 0.2) is 0 Å². The molecule has 1 unspecified atom stereocenters. The topological polar surface area (TPSA) is 78.9 Å². The van der Waals surface area contributed by atoms with E-state index in [0.717, 1.165) is 0 Å². The Bertz CT molecular complexity index is 564. The van der Waals surface area contributed by atoms with Crippen LogP contribution in [0.25, 0.3) is 0 Å². The molecule has 0 spiro atoms. The minimum Gasteiger partial charge on any atom is -0.478 e. The van der Waals surface area contributed by atoms with Crippen molar-refractivity contribution >= 4 is 23.5 Å². The number of nitrogens with one attached hydrogen (secondary N) is 1. The first-order valence-corrected chi connectivity index (χ1v) is 7.44. The predicted octanol–water partition coefficient (Wildman–Crippen LogP) is 1.38. The highest BCUT2D eigenvalue weighted by Crippen LogP contribution is 2.23. The van der Waals surface area contributed by atoms with Crippen molar-refractivity contribution < 1.29 is 19.4 Å². The van der Waals surface area contributed by atoms with E-state index in [2.05, 4.69) is 10.2 Å². The summed E-state index contributed by atoms with van der Waals surface area (Å²) in [6.45, 7) is 4.20. The highest BCUT2D eigenvalue weighted by molar-refractivity contribution is 6.31. The Hall–Kier alpha value is -1.63. The van der Waals surface area contributed by atoms with E-state index in [4.69, 9.17) is 16.3 Å². The van der Waals surface area contributed by atoms with Crippen molar-refractivity contribution in [1.29, 1.82) is 0 Å². The molecule has 2 N–H and O–H groups in total. The molecular formula is C15H19ClN2O4. The highest BCUT2D eigenvalue weighted by atomic mass is 35.5. The van der Waals surface area contributed by atoms with Crippen LogP contribution in [-0.4, -0.2) is 54.2 Å². The summed E-state index contributed by atoms with van der Waals surface area (Å²) < 4.78 is 5.60. The number of carbonyl (C=O) groups excluding carboxylic acids is 1. The highest BCUT2D eigenvalue weighted by Gasteiger charge is 2.23. The van der Waals surface area contributed by atoms with Gasteiger partial charge in [0.2, 0.25) is 5.91 Å². The first kappa shape index (κ1) is 16.7. The molecule has 0 radical (unpaired) electrons. The first-order valence-electron chi connectivity index (χ1n) is 7.06. The Morgan fingerprint density at radius 3 is 2.95 bits per heavy atom. The third-order valence-electron chi connectivity index (χ3n) is 3.53. The van der Waals surface area contributed by atoms with E-state index in [1.165, 1.54) is 6.92 Å². The zero-order valence-corrected chi connectivity index (χ0v) is 13.1. The number of ether oxygens (including phenoxy) is 1. The van der Waals surface area contributed by atoms with E-state index in [1.54, 1.807) is 18.2 Å². The molecule has 1 amide bonds. The fourth-order valence-electron chi connectivity index (χ4n) is 2.45. The number of hydrogen-bond donors (Lipinski definition) is 2. The average Bonchev–Trinajstić information content (AvgIpc) is 2.47. The standard InChI is InChI=1S/C15H19ClN2O4/c1-10(19)17-7-11-8-18(5-6-22-11)9-13-12(15(20)21)3-2-4-14(13)16/h2-4,11H,5-9H2,1H3,(H,17,19)(H,20,21). The van der Waals surface area contributed by atoms with Crippen molar-refractivity contribution in [2.75, 3.05) is 26.2 Å². The molecule has 1 aliphatic heterocycles. The lowest BCUT2D eigenvalue weighted by molar-refractivity contribution is -0.120.